The van der Waals surface area contributed by atoms with Crippen molar-refractivity contribution in [2.24, 2.45) is 10.7 Å². The zero-order valence-corrected chi connectivity index (χ0v) is 11.2. The Morgan fingerprint density at radius 1 is 1.53 bits per heavy atom. The van der Waals surface area contributed by atoms with Crippen LogP contribution in [0.1, 0.15) is 33.1 Å². The van der Waals surface area contributed by atoms with Crippen LogP contribution in [0.2, 0.25) is 0 Å². The van der Waals surface area contributed by atoms with Crippen molar-refractivity contribution < 1.29 is 9.47 Å². The molecule has 0 bridgehead atoms. The Bertz CT molecular complexity index is 250. The summed E-state index contributed by atoms with van der Waals surface area (Å²) in [7, 11) is 1.74. The quantitative estimate of drug-likeness (QED) is 0.555. The summed E-state index contributed by atoms with van der Waals surface area (Å²) in [5.41, 5.74) is 5.64. The zero-order valence-electron chi connectivity index (χ0n) is 11.2. The third-order valence-corrected chi connectivity index (χ3v) is 3.38. The Hall–Kier alpha value is -0.810. The third-order valence-electron chi connectivity index (χ3n) is 3.38. The van der Waals surface area contributed by atoms with E-state index in [9.17, 15) is 0 Å². The predicted octanol–water partition coefficient (Wildman–Crippen LogP) is 0.885. The van der Waals surface area contributed by atoms with Crippen molar-refractivity contribution >= 4 is 5.96 Å². The van der Waals surface area contributed by atoms with Gasteiger partial charge in [-0.1, -0.05) is 6.92 Å². The second-order valence-corrected chi connectivity index (χ2v) is 4.65. The summed E-state index contributed by atoms with van der Waals surface area (Å²) in [6, 6.07) is 0.354. The molecule has 1 rings (SSSR count). The number of guanidine groups is 1. The maximum Gasteiger partial charge on any atom is 0.188 e. The standard InChI is InChI=1S/C12H25N3O2/c1-4-10(2)15-11(13)14-9-12(16-3)5-7-17-8-6-12/h10H,4-9H2,1-3H3,(H3,13,14,15). The van der Waals surface area contributed by atoms with Gasteiger partial charge in [0.2, 0.25) is 0 Å². The fraction of sp³-hybridized carbons (Fsp3) is 0.917. The zero-order chi connectivity index (χ0) is 12.7. The van der Waals surface area contributed by atoms with Gasteiger partial charge in [-0.15, -0.1) is 0 Å². The first-order valence-corrected chi connectivity index (χ1v) is 6.31. The van der Waals surface area contributed by atoms with Gasteiger partial charge in [-0.05, 0) is 13.3 Å². The smallest absolute Gasteiger partial charge is 0.188 e. The summed E-state index contributed by atoms with van der Waals surface area (Å²) in [4.78, 5) is 4.38. The van der Waals surface area contributed by atoms with Crippen LogP contribution in [0, 0.1) is 0 Å². The lowest BCUT2D eigenvalue weighted by Crippen LogP contribution is -2.43. The van der Waals surface area contributed by atoms with E-state index < -0.39 is 0 Å². The predicted molar refractivity (Wildman–Crippen MR) is 69.2 cm³/mol. The first kappa shape index (κ1) is 14.3. The van der Waals surface area contributed by atoms with E-state index in [1.54, 1.807) is 7.11 Å². The molecule has 1 atom stereocenters. The molecule has 1 saturated heterocycles. The molecule has 1 unspecified atom stereocenters. The number of nitrogens with two attached hydrogens (primary N) is 1. The number of rotatable bonds is 5. The van der Waals surface area contributed by atoms with Crippen LogP contribution in [-0.4, -0.2) is 44.5 Å². The molecule has 1 aliphatic rings. The van der Waals surface area contributed by atoms with Gasteiger partial charge in [-0.3, -0.25) is 4.99 Å². The number of methoxy groups -OCH3 is 1. The van der Waals surface area contributed by atoms with Gasteiger partial charge >= 0.3 is 0 Å². The molecule has 1 aliphatic heterocycles. The fourth-order valence-electron chi connectivity index (χ4n) is 1.80. The van der Waals surface area contributed by atoms with Crippen LogP contribution in [0.25, 0.3) is 0 Å². The maximum absolute atomic E-state index is 5.83. The molecule has 0 radical (unpaired) electrons. The molecule has 5 nitrogen and oxygen atoms in total. The average molecular weight is 243 g/mol. The first-order valence-electron chi connectivity index (χ1n) is 6.31. The number of hydrogen-bond acceptors (Lipinski definition) is 3. The van der Waals surface area contributed by atoms with Crippen LogP contribution < -0.4 is 11.1 Å². The minimum atomic E-state index is -0.194. The van der Waals surface area contributed by atoms with Gasteiger partial charge in [-0.25, -0.2) is 0 Å². The second-order valence-electron chi connectivity index (χ2n) is 4.65. The summed E-state index contributed by atoms with van der Waals surface area (Å²) in [5, 5.41) is 3.15. The van der Waals surface area contributed by atoms with Gasteiger partial charge < -0.3 is 20.5 Å². The van der Waals surface area contributed by atoms with Crippen molar-refractivity contribution in [3.05, 3.63) is 0 Å². The normalized spacial score (nSPS) is 22.2. The number of hydrogen-bond donors (Lipinski definition) is 2. The van der Waals surface area contributed by atoms with E-state index in [2.05, 4.69) is 24.2 Å². The van der Waals surface area contributed by atoms with Gasteiger partial charge in [0, 0.05) is 39.2 Å². The van der Waals surface area contributed by atoms with Gasteiger partial charge in [0.05, 0.1) is 12.1 Å². The number of ether oxygens (including phenoxy) is 2. The molecule has 0 aromatic carbocycles. The van der Waals surface area contributed by atoms with Crippen molar-refractivity contribution in [2.45, 2.75) is 44.8 Å². The first-order chi connectivity index (χ1) is 8.12. The maximum atomic E-state index is 5.83. The molecule has 0 saturated carbocycles. The van der Waals surface area contributed by atoms with Gasteiger partial charge in [0.1, 0.15) is 0 Å². The molecular weight excluding hydrogens is 218 g/mol. The number of nitrogens with zero attached hydrogens (tertiary/aromatic N) is 1. The minimum absolute atomic E-state index is 0.194. The lowest BCUT2D eigenvalue weighted by molar-refractivity contribution is -0.0828. The molecule has 1 fully saturated rings. The molecule has 3 N–H and O–H groups in total. The molecule has 5 heteroatoms. The van der Waals surface area contributed by atoms with E-state index in [4.69, 9.17) is 15.2 Å². The summed E-state index contributed by atoms with van der Waals surface area (Å²) >= 11 is 0. The van der Waals surface area contributed by atoms with Gasteiger partial charge in [0.15, 0.2) is 5.96 Å². The topological polar surface area (TPSA) is 68.9 Å². The van der Waals surface area contributed by atoms with Crippen molar-refractivity contribution in [3.63, 3.8) is 0 Å². The summed E-state index contributed by atoms with van der Waals surface area (Å²) in [5.74, 6) is 0.502. The third kappa shape index (κ3) is 4.52. The molecule has 1 heterocycles. The molecule has 0 spiro atoms. The van der Waals surface area contributed by atoms with Gasteiger partial charge in [0.25, 0.3) is 0 Å². The van der Waals surface area contributed by atoms with Crippen molar-refractivity contribution in [2.75, 3.05) is 26.9 Å². The lowest BCUT2D eigenvalue weighted by Gasteiger charge is -2.34. The molecule has 17 heavy (non-hydrogen) atoms. The summed E-state index contributed by atoms with van der Waals surface area (Å²) < 4.78 is 10.9. The minimum Gasteiger partial charge on any atom is -0.381 e. The largest absolute Gasteiger partial charge is 0.381 e. The highest BCUT2D eigenvalue weighted by atomic mass is 16.5. The van der Waals surface area contributed by atoms with Crippen molar-refractivity contribution in [1.29, 1.82) is 0 Å². The van der Waals surface area contributed by atoms with E-state index >= 15 is 0 Å². The summed E-state index contributed by atoms with van der Waals surface area (Å²) in [6.45, 7) is 6.27. The number of aliphatic imine (C=N–C) groups is 1. The Morgan fingerprint density at radius 2 is 2.18 bits per heavy atom. The van der Waals surface area contributed by atoms with E-state index in [-0.39, 0.29) is 5.60 Å². The highest BCUT2D eigenvalue weighted by molar-refractivity contribution is 5.78. The van der Waals surface area contributed by atoms with Crippen molar-refractivity contribution in [3.8, 4) is 0 Å². The molecule has 0 aromatic rings. The molecule has 0 aromatic heterocycles. The van der Waals surface area contributed by atoms with Crippen molar-refractivity contribution in [1.82, 2.24) is 5.32 Å². The monoisotopic (exact) mass is 243 g/mol. The Kier molecular flexibility index (Phi) is 5.71. The Morgan fingerprint density at radius 3 is 2.71 bits per heavy atom. The summed E-state index contributed by atoms with van der Waals surface area (Å²) in [6.07, 6.45) is 2.78. The molecule has 0 aliphatic carbocycles. The Balaban J connectivity index is 2.47. The van der Waals surface area contributed by atoms with Crippen LogP contribution in [-0.2, 0) is 9.47 Å². The van der Waals surface area contributed by atoms with E-state index in [0.717, 1.165) is 32.5 Å². The van der Waals surface area contributed by atoms with Crippen LogP contribution in [0.15, 0.2) is 4.99 Å². The highest BCUT2D eigenvalue weighted by Crippen LogP contribution is 2.24. The second kappa shape index (κ2) is 6.81. The van der Waals surface area contributed by atoms with Crippen LogP contribution in [0.5, 0.6) is 0 Å². The Labute approximate surface area is 104 Å². The fourth-order valence-corrected chi connectivity index (χ4v) is 1.80. The molecular formula is C12H25N3O2. The number of nitrogens with one attached hydrogen (secondary N) is 1. The average Bonchev–Trinajstić information content (AvgIpc) is 2.37. The highest BCUT2D eigenvalue weighted by Gasteiger charge is 2.32. The van der Waals surface area contributed by atoms with E-state index in [0.29, 0.717) is 18.5 Å². The SMILES string of the molecule is CCC(C)NC(N)=NCC1(OC)CCOCC1. The lowest BCUT2D eigenvalue weighted by atomic mass is 9.94. The molecule has 100 valence electrons. The van der Waals surface area contributed by atoms with Gasteiger partial charge in [-0.2, -0.15) is 0 Å². The van der Waals surface area contributed by atoms with Crippen LogP contribution in [0.3, 0.4) is 0 Å². The van der Waals surface area contributed by atoms with Crippen LogP contribution >= 0.6 is 0 Å². The van der Waals surface area contributed by atoms with Crippen LogP contribution in [0.4, 0.5) is 0 Å². The van der Waals surface area contributed by atoms with E-state index in [1.807, 2.05) is 0 Å². The molecule has 0 amide bonds. The van der Waals surface area contributed by atoms with E-state index in [1.165, 1.54) is 0 Å².